The molecule has 4 rings (SSSR count). The highest BCUT2D eigenvalue weighted by molar-refractivity contribution is 5.43. The van der Waals surface area contributed by atoms with E-state index in [4.69, 9.17) is 0 Å². The zero-order valence-corrected chi connectivity index (χ0v) is 12.2. The minimum Gasteiger partial charge on any atom is -0.351 e. The normalized spacial score (nSPS) is 27.8. The second-order valence-corrected chi connectivity index (χ2v) is 6.34. The van der Waals surface area contributed by atoms with Crippen molar-refractivity contribution in [1.29, 1.82) is 0 Å². The molecule has 0 radical (unpaired) electrons. The molecule has 21 heavy (non-hydrogen) atoms. The summed E-state index contributed by atoms with van der Waals surface area (Å²) in [6.07, 6.45) is 10.2. The molecule has 0 aliphatic carbocycles. The van der Waals surface area contributed by atoms with Gasteiger partial charge in [-0.2, -0.15) is 0 Å². The number of hydrogen-bond acceptors (Lipinski definition) is 3. The van der Waals surface area contributed by atoms with Crippen LogP contribution in [0.5, 0.6) is 0 Å². The second kappa shape index (κ2) is 5.47. The highest BCUT2D eigenvalue weighted by Crippen LogP contribution is 2.41. The van der Waals surface area contributed by atoms with E-state index in [1.807, 2.05) is 24.5 Å². The third-order valence-corrected chi connectivity index (χ3v) is 4.97. The van der Waals surface area contributed by atoms with Crippen LogP contribution in [-0.4, -0.2) is 22.1 Å². The van der Waals surface area contributed by atoms with E-state index in [0.717, 1.165) is 12.3 Å². The zero-order chi connectivity index (χ0) is 14.1. The number of hydrogen-bond donors (Lipinski definition) is 0. The first-order valence-electron chi connectivity index (χ1n) is 7.99. The molecule has 2 fully saturated rings. The van der Waals surface area contributed by atoms with E-state index in [0.29, 0.717) is 12.1 Å². The van der Waals surface area contributed by atoms with Gasteiger partial charge in [-0.05, 0) is 62.3 Å². The summed E-state index contributed by atoms with van der Waals surface area (Å²) in [5.74, 6) is 1.94. The van der Waals surface area contributed by atoms with E-state index in [2.05, 4.69) is 39.1 Å². The van der Waals surface area contributed by atoms with Gasteiger partial charge in [0.25, 0.3) is 0 Å². The van der Waals surface area contributed by atoms with Crippen molar-refractivity contribution in [1.82, 2.24) is 9.97 Å². The number of nitrogens with zero attached hydrogens (tertiary/aromatic N) is 3. The smallest absolute Gasteiger partial charge is 0.128 e. The predicted molar refractivity (Wildman–Crippen MR) is 84.2 cm³/mol. The summed E-state index contributed by atoms with van der Waals surface area (Å²) in [6.45, 7) is 0. The molecule has 2 aromatic heterocycles. The Bertz CT molecular complexity index is 570. The van der Waals surface area contributed by atoms with Gasteiger partial charge >= 0.3 is 0 Å². The zero-order valence-electron chi connectivity index (χ0n) is 12.2. The van der Waals surface area contributed by atoms with Gasteiger partial charge in [0.1, 0.15) is 5.82 Å². The Kier molecular flexibility index (Phi) is 3.34. The van der Waals surface area contributed by atoms with Gasteiger partial charge in [0.05, 0.1) is 0 Å². The lowest BCUT2D eigenvalue weighted by atomic mass is 9.87. The molecule has 0 amide bonds. The first-order valence-corrected chi connectivity index (χ1v) is 7.99. The van der Waals surface area contributed by atoms with E-state index in [1.165, 1.54) is 37.2 Å². The van der Waals surface area contributed by atoms with Gasteiger partial charge in [0.2, 0.25) is 0 Å². The van der Waals surface area contributed by atoms with Crippen molar-refractivity contribution in [2.24, 2.45) is 5.92 Å². The Morgan fingerprint density at radius 3 is 2.24 bits per heavy atom. The molecule has 0 unspecified atom stereocenters. The van der Waals surface area contributed by atoms with Crippen molar-refractivity contribution in [3.63, 3.8) is 0 Å². The van der Waals surface area contributed by atoms with Crippen LogP contribution in [0.1, 0.15) is 31.4 Å². The molecule has 2 aliphatic rings. The summed E-state index contributed by atoms with van der Waals surface area (Å²) >= 11 is 0. The maximum absolute atomic E-state index is 4.57. The van der Waals surface area contributed by atoms with Crippen molar-refractivity contribution in [3.05, 3.63) is 54.5 Å². The van der Waals surface area contributed by atoms with Gasteiger partial charge in [-0.3, -0.25) is 4.98 Å². The average Bonchev–Trinajstić information content (AvgIpc) is 2.80. The minimum atomic E-state index is 0.673. The lowest BCUT2D eigenvalue weighted by molar-refractivity contribution is 0.334. The summed E-state index contributed by atoms with van der Waals surface area (Å²) in [6, 6.07) is 13.9. The Morgan fingerprint density at radius 1 is 0.905 bits per heavy atom. The number of rotatable bonds is 3. The van der Waals surface area contributed by atoms with E-state index >= 15 is 0 Å². The quantitative estimate of drug-likeness (QED) is 0.861. The Balaban J connectivity index is 1.49. The fraction of sp³-hybridized carbons (Fsp3) is 0.444. The number of fused-ring (bicyclic) bond motifs is 2. The van der Waals surface area contributed by atoms with Crippen LogP contribution in [0.15, 0.2) is 48.8 Å². The van der Waals surface area contributed by atoms with Crippen LogP contribution in [0, 0.1) is 5.92 Å². The number of aromatic nitrogens is 2. The standard InChI is InChI=1S/C18H21N3/c1-3-9-19-15(5-1)11-14-12-16-7-8-17(13-14)21(16)18-6-2-4-10-20-18/h1-6,9-10,14,16-17H,7-8,11-13H2/t14-,16+,17-. The summed E-state index contributed by atoms with van der Waals surface area (Å²) in [7, 11) is 0. The van der Waals surface area contributed by atoms with E-state index in [1.54, 1.807) is 0 Å². The first-order chi connectivity index (χ1) is 10.4. The Morgan fingerprint density at radius 2 is 1.62 bits per heavy atom. The second-order valence-electron chi connectivity index (χ2n) is 6.34. The van der Waals surface area contributed by atoms with Gasteiger partial charge in [-0.15, -0.1) is 0 Å². The average molecular weight is 279 g/mol. The Labute approximate surface area is 126 Å². The SMILES string of the molecule is c1ccc(C[C@H]2C[C@H]3CC[C@@H](C2)N3c2ccccn2)nc1. The maximum atomic E-state index is 4.57. The van der Waals surface area contributed by atoms with Gasteiger partial charge in [0, 0.05) is 30.2 Å². The topological polar surface area (TPSA) is 29.0 Å². The molecule has 0 N–H and O–H groups in total. The molecule has 0 aromatic carbocycles. The van der Waals surface area contributed by atoms with Gasteiger partial charge in [0.15, 0.2) is 0 Å². The molecule has 0 saturated carbocycles. The molecule has 3 heteroatoms. The molecular formula is C18H21N3. The van der Waals surface area contributed by atoms with Gasteiger partial charge in [-0.1, -0.05) is 12.1 Å². The summed E-state index contributed by atoms with van der Waals surface area (Å²) in [4.78, 5) is 11.6. The fourth-order valence-electron chi connectivity index (χ4n) is 4.15. The van der Waals surface area contributed by atoms with Crippen molar-refractivity contribution < 1.29 is 0 Å². The van der Waals surface area contributed by atoms with Crippen LogP contribution in [0.3, 0.4) is 0 Å². The molecule has 2 bridgehead atoms. The number of pyridine rings is 2. The van der Waals surface area contributed by atoms with Gasteiger partial charge < -0.3 is 4.90 Å². The number of anilines is 1. The molecule has 108 valence electrons. The third-order valence-electron chi connectivity index (χ3n) is 4.97. The van der Waals surface area contributed by atoms with Crippen molar-refractivity contribution >= 4 is 5.82 Å². The van der Waals surface area contributed by atoms with Crippen LogP contribution in [0.2, 0.25) is 0 Å². The minimum absolute atomic E-state index is 0.673. The third kappa shape index (κ3) is 2.53. The van der Waals surface area contributed by atoms with Crippen molar-refractivity contribution in [3.8, 4) is 0 Å². The lowest BCUT2D eigenvalue weighted by Crippen LogP contribution is -2.43. The van der Waals surface area contributed by atoms with Crippen molar-refractivity contribution in [2.75, 3.05) is 4.90 Å². The summed E-state index contributed by atoms with van der Waals surface area (Å²) < 4.78 is 0. The predicted octanol–water partition coefficient (Wildman–Crippen LogP) is 3.47. The molecule has 2 saturated heterocycles. The van der Waals surface area contributed by atoms with Crippen LogP contribution in [-0.2, 0) is 6.42 Å². The molecular weight excluding hydrogens is 258 g/mol. The van der Waals surface area contributed by atoms with Crippen LogP contribution in [0.25, 0.3) is 0 Å². The van der Waals surface area contributed by atoms with Gasteiger partial charge in [-0.25, -0.2) is 4.98 Å². The van der Waals surface area contributed by atoms with E-state index in [-0.39, 0.29) is 0 Å². The highest BCUT2D eigenvalue weighted by atomic mass is 15.3. The highest BCUT2D eigenvalue weighted by Gasteiger charge is 2.41. The molecule has 3 nitrogen and oxygen atoms in total. The number of piperidine rings is 1. The fourth-order valence-corrected chi connectivity index (χ4v) is 4.15. The molecule has 3 atom stereocenters. The van der Waals surface area contributed by atoms with Crippen LogP contribution >= 0.6 is 0 Å². The molecule has 4 heterocycles. The first kappa shape index (κ1) is 12.8. The maximum Gasteiger partial charge on any atom is 0.128 e. The monoisotopic (exact) mass is 279 g/mol. The van der Waals surface area contributed by atoms with Crippen LogP contribution < -0.4 is 4.90 Å². The Hall–Kier alpha value is -1.90. The van der Waals surface area contributed by atoms with E-state index in [9.17, 15) is 0 Å². The largest absolute Gasteiger partial charge is 0.351 e. The van der Waals surface area contributed by atoms with Crippen molar-refractivity contribution in [2.45, 2.75) is 44.2 Å². The summed E-state index contributed by atoms with van der Waals surface area (Å²) in [5.41, 5.74) is 1.24. The van der Waals surface area contributed by atoms with E-state index < -0.39 is 0 Å². The molecule has 0 spiro atoms. The summed E-state index contributed by atoms with van der Waals surface area (Å²) in [5, 5.41) is 0. The molecule has 2 aromatic rings. The molecule has 2 aliphatic heterocycles. The lowest BCUT2D eigenvalue weighted by Gasteiger charge is -2.39. The van der Waals surface area contributed by atoms with Crippen LogP contribution in [0.4, 0.5) is 5.82 Å².